The zero-order valence-electron chi connectivity index (χ0n) is 13.1. The van der Waals surface area contributed by atoms with Crippen LogP contribution < -0.4 is 0 Å². The first-order valence-corrected chi connectivity index (χ1v) is 8.18. The van der Waals surface area contributed by atoms with Crippen LogP contribution in [0.3, 0.4) is 0 Å². The second kappa shape index (κ2) is 5.75. The average molecular weight is 301 g/mol. The number of nitrogens with zero attached hydrogens (tertiary/aromatic N) is 1. The molecule has 1 amide bonds. The Bertz CT molecular complexity index is 602. The van der Waals surface area contributed by atoms with Gasteiger partial charge in [-0.05, 0) is 55.4 Å². The van der Waals surface area contributed by atoms with Crippen molar-refractivity contribution in [3.05, 3.63) is 34.9 Å². The zero-order valence-corrected chi connectivity index (χ0v) is 13.1. The number of aliphatic carboxylic acids is 1. The van der Waals surface area contributed by atoms with Gasteiger partial charge in [0.25, 0.3) is 5.91 Å². The molecule has 0 radical (unpaired) electrons. The topological polar surface area (TPSA) is 57.6 Å². The van der Waals surface area contributed by atoms with Gasteiger partial charge < -0.3 is 10.0 Å². The minimum absolute atomic E-state index is 0.168. The molecule has 2 aliphatic carbocycles. The molecule has 4 nitrogen and oxygen atoms in total. The van der Waals surface area contributed by atoms with E-state index in [9.17, 15) is 14.7 Å². The molecule has 2 aliphatic rings. The van der Waals surface area contributed by atoms with E-state index in [1.807, 2.05) is 18.2 Å². The molecule has 1 saturated carbocycles. The van der Waals surface area contributed by atoms with Gasteiger partial charge in [-0.1, -0.05) is 25.3 Å². The highest BCUT2D eigenvalue weighted by molar-refractivity contribution is 5.98. The monoisotopic (exact) mass is 301 g/mol. The summed E-state index contributed by atoms with van der Waals surface area (Å²) in [5, 5.41) is 9.72. The van der Waals surface area contributed by atoms with Crippen molar-refractivity contribution in [1.29, 1.82) is 0 Å². The molecule has 1 aromatic rings. The number of benzene rings is 1. The number of hydrogen-bond acceptors (Lipinski definition) is 2. The SMILES string of the molecule is CN(C(=O)c1ccc2c(c1)CCC2)C1(C(=O)O)CCCCC1. The van der Waals surface area contributed by atoms with Crippen molar-refractivity contribution < 1.29 is 14.7 Å². The van der Waals surface area contributed by atoms with Crippen LogP contribution >= 0.6 is 0 Å². The van der Waals surface area contributed by atoms with E-state index in [-0.39, 0.29) is 5.91 Å². The van der Waals surface area contributed by atoms with Crippen molar-refractivity contribution in [3.63, 3.8) is 0 Å². The molecule has 0 heterocycles. The van der Waals surface area contributed by atoms with E-state index in [0.29, 0.717) is 18.4 Å². The first-order valence-electron chi connectivity index (χ1n) is 8.18. The number of hydrogen-bond donors (Lipinski definition) is 1. The van der Waals surface area contributed by atoms with Crippen molar-refractivity contribution in [1.82, 2.24) is 4.90 Å². The molecule has 0 spiro atoms. The number of carbonyl (C=O) groups excluding carboxylic acids is 1. The lowest BCUT2D eigenvalue weighted by Gasteiger charge is -2.41. The summed E-state index contributed by atoms with van der Waals surface area (Å²) >= 11 is 0. The van der Waals surface area contributed by atoms with Crippen LogP contribution in [0.5, 0.6) is 0 Å². The maximum absolute atomic E-state index is 12.8. The van der Waals surface area contributed by atoms with E-state index in [1.165, 1.54) is 16.0 Å². The molecule has 1 N–H and O–H groups in total. The van der Waals surface area contributed by atoms with Gasteiger partial charge in [-0.2, -0.15) is 0 Å². The summed E-state index contributed by atoms with van der Waals surface area (Å²) < 4.78 is 0. The molecule has 22 heavy (non-hydrogen) atoms. The van der Waals surface area contributed by atoms with Crippen molar-refractivity contribution in [2.75, 3.05) is 7.05 Å². The van der Waals surface area contributed by atoms with Gasteiger partial charge in [0.05, 0.1) is 0 Å². The Labute approximate surface area is 131 Å². The predicted molar refractivity (Wildman–Crippen MR) is 84.0 cm³/mol. The molecular formula is C18H23NO3. The zero-order chi connectivity index (χ0) is 15.7. The fourth-order valence-corrected chi connectivity index (χ4v) is 3.92. The molecule has 118 valence electrons. The number of fused-ring (bicyclic) bond motifs is 1. The van der Waals surface area contributed by atoms with Crippen LogP contribution in [0.25, 0.3) is 0 Å². The second-order valence-electron chi connectivity index (χ2n) is 6.60. The van der Waals surface area contributed by atoms with Gasteiger partial charge in [0, 0.05) is 12.6 Å². The third kappa shape index (κ3) is 2.40. The third-order valence-electron chi connectivity index (χ3n) is 5.37. The highest BCUT2D eigenvalue weighted by atomic mass is 16.4. The summed E-state index contributed by atoms with van der Waals surface area (Å²) in [5.74, 6) is -1.04. The molecule has 3 rings (SSSR count). The van der Waals surface area contributed by atoms with Gasteiger partial charge >= 0.3 is 5.97 Å². The van der Waals surface area contributed by atoms with Gasteiger partial charge in [0.2, 0.25) is 0 Å². The van der Waals surface area contributed by atoms with Crippen LogP contribution in [0.2, 0.25) is 0 Å². The minimum Gasteiger partial charge on any atom is -0.479 e. The number of carbonyl (C=O) groups is 2. The van der Waals surface area contributed by atoms with Crippen LogP contribution in [-0.4, -0.2) is 34.5 Å². The van der Waals surface area contributed by atoms with Gasteiger partial charge in [-0.3, -0.25) is 4.79 Å². The molecule has 0 aromatic heterocycles. The first kappa shape index (κ1) is 15.1. The lowest BCUT2D eigenvalue weighted by molar-refractivity contribution is -0.151. The van der Waals surface area contributed by atoms with Crippen molar-refractivity contribution in [2.24, 2.45) is 0 Å². The summed E-state index contributed by atoms with van der Waals surface area (Å²) in [4.78, 5) is 26.1. The van der Waals surface area contributed by atoms with Crippen molar-refractivity contribution in [3.8, 4) is 0 Å². The summed E-state index contributed by atoms with van der Waals surface area (Å²) in [7, 11) is 1.65. The highest BCUT2D eigenvalue weighted by Gasteiger charge is 2.45. The Kier molecular flexibility index (Phi) is 3.94. The number of amides is 1. The normalized spacial score (nSPS) is 19.5. The number of rotatable bonds is 3. The van der Waals surface area contributed by atoms with E-state index in [0.717, 1.165) is 38.5 Å². The molecular weight excluding hydrogens is 278 g/mol. The number of carboxylic acid groups (broad SMARTS) is 1. The van der Waals surface area contributed by atoms with E-state index in [2.05, 4.69) is 0 Å². The Morgan fingerprint density at radius 1 is 1.05 bits per heavy atom. The lowest BCUT2D eigenvalue weighted by atomic mass is 9.80. The van der Waals surface area contributed by atoms with Crippen LogP contribution in [0, 0.1) is 0 Å². The molecule has 0 aliphatic heterocycles. The largest absolute Gasteiger partial charge is 0.479 e. The fourth-order valence-electron chi connectivity index (χ4n) is 3.92. The second-order valence-corrected chi connectivity index (χ2v) is 6.60. The van der Waals surface area contributed by atoms with Gasteiger partial charge in [-0.25, -0.2) is 4.79 Å². The highest BCUT2D eigenvalue weighted by Crippen LogP contribution is 2.34. The van der Waals surface area contributed by atoms with E-state index < -0.39 is 11.5 Å². The maximum atomic E-state index is 12.8. The fraction of sp³-hybridized carbons (Fsp3) is 0.556. The van der Waals surface area contributed by atoms with Gasteiger partial charge in [0.1, 0.15) is 5.54 Å². The smallest absolute Gasteiger partial charge is 0.329 e. The van der Waals surface area contributed by atoms with E-state index in [1.54, 1.807) is 7.05 Å². The Hall–Kier alpha value is -1.84. The maximum Gasteiger partial charge on any atom is 0.329 e. The van der Waals surface area contributed by atoms with E-state index in [4.69, 9.17) is 0 Å². The first-order chi connectivity index (χ1) is 10.5. The van der Waals surface area contributed by atoms with Crippen LogP contribution in [0.15, 0.2) is 18.2 Å². The Balaban J connectivity index is 1.88. The number of carboxylic acids is 1. The molecule has 0 atom stereocenters. The minimum atomic E-state index is -1.03. The summed E-state index contributed by atoms with van der Waals surface area (Å²) in [6.45, 7) is 0. The lowest BCUT2D eigenvalue weighted by Crippen LogP contribution is -2.56. The summed E-state index contributed by atoms with van der Waals surface area (Å²) in [6, 6.07) is 5.83. The van der Waals surface area contributed by atoms with Gasteiger partial charge in [0.15, 0.2) is 0 Å². The van der Waals surface area contributed by atoms with Crippen molar-refractivity contribution >= 4 is 11.9 Å². The van der Waals surface area contributed by atoms with Crippen LogP contribution in [0.1, 0.15) is 60.0 Å². The quantitative estimate of drug-likeness (QED) is 0.933. The average Bonchev–Trinajstić information content (AvgIpc) is 3.01. The van der Waals surface area contributed by atoms with Crippen LogP contribution in [-0.2, 0) is 17.6 Å². The molecule has 1 fully saturated rings. The third-order valence-corrected chi connectivity index (χ3v) is 5.37. The number of aryl methyl sites for hydroxylation is 2. The van der Waals surface area contributed by atoms with Crippen LogP contribution in [0.4, 0.5) is 0 Å². The molecule has 0 unspecified atom stereocenters. The summed E-state index contributed by atoms with van der Waals surface area (Å²) in [5.41, 5.74) is 2.15. The molecule has 0 saturated heterocycles. The Morgan fingerprint density at radius 3 is 2.41 bits per heavy atom. The number of likely N-dealkylation sites (N-methyl/N-ethyl adjacent to an activating group) is 1. The molecule has 1 aromatic carbocycles. The van der Waals surface area contributed by atoms with Gasteiger partial charge in [-0.15, -0.1) is 0 Å². The van der Waals surface area contributed by atoms with Crippen molar-refractivity contribution in [2.45, 2.75) is 56.9 Å². The molecule has 4 heteroatoms. The predicted octanol–water partition coefficient (Wildman–Crippen LogP) is 3.03. The molecule has 0 bridgehead atoms. The Morgan fingerprint density at radius 2 is 1.73 bits per heavy atom. The van der Waals surface area contributed by atoms with E-state index >= 15 is 0 Å². The standard InChI is InChI=1S/C18H23NO3/c1-19(18(17(21)22)10-3-2-4-11-18)16(20)15-9-8-13-6-5-7-14(13)12-15/h8-9,12H,2-7,10-11H2,1H3,(H,21,22). The summed E-state index contributed by atoms with van der Waals surface area (Å²) in [6.07, 6.45) is 7.13.